The van der Waals surface area contributed by atoms with E-state index in [1.54, 1.807) is 0 Å². The maximum Gasteiger partial charge on any atom is 0.137 e. The van der Waals surface area contributed by atoms with Crippen molar-refractivity contribution in [3.8, 4) is 0 Å². The van der Waals surface area contributed by atoms with Crippen LogP contribution in [0.15, 0.2) is 6.20 Å². The molecule has 3 rings (SSSR count). The van der Waals surface area contributed by atoms with Crippen LogP contribution < -0.4 is 0 Å². The maximum absolute atomic E-state index is 9.69. The molecule has 1 fully saturated rings. The smallest absolute Gasteiger partial charge is 0.137 e. The first-order chi connectivity index (χ1) is 6.36. The highest BCUT2D eigenvalue weighted by atomic mass is 16.3. The molecule has 70 valence electrons. The van der Waals surface area contributed by atoms with Crippen molar-refractivity contribution in [3.63, 3.8) is 0 Å². The zero-order chi connectivity index (χ0) is 8.84. The van der Waals surface area contributed by atoms with Crippen LogP contribution in [-0.2, 0) is 6.54 Å². The van der Waals surface area contributed by atoms with Crippen LogP contribution >= 0.6 is 0 Å². The number of fused-ring (bicyclic) bond motifs is 1. The fourth-order valence-electron chi connectivity index (χ4n) is 2.19. The number of imidazole rings is 1. The molecule has 0 aromatic carbocycles. The van der Waals surface area contributed by atoms with E-state index in [9.17, 15) is 5.11 Å². The monoisotopic (exact) mass is 178 g/mol. The lowest BCUT2D eigenvalue weighted by Gasteiger charge is -2.20. The van der Waals surface area contributed by atoms with Gasteiger partial charge in [0.25, 0.3) is 0 Å². The van der Waals surface area contributed by atoms with Gasteiger partial charge in [-0.3, -0.25) is 0 Å². The van der Waals surface area contributed by atoms with Gasteiger partial charge in [-0.25, -0.2) is 4.98 Å². The van der Waals surface area contributed by atoms with Gasteiger partial charge in [0.05, 0.1) is 0 Å². The van der Waals surface area contributed by atoms with E-state index in [1.807, 2.05) is 6.20 Å². The van der Waals surface area contributed by atoms with E-state index in [1.165, 1.54) is 18.5 Å². The average Bonchev–Trinajstić information content (AvgIpc) is 2.87. The molecule has 1 aromatic rings. The van der Waals surface area contributed by atoms with Crippen LogP contribution in [0.3, 0.4) is 0 Å². The highest BCUT2D eigenvalue weighted by Gasteiger charge is 2.30. The molecule has 1 N–H and O–H groups in total. The highest BCUT2D eigenvalue weighted by molar-refractivity contribution is 5.18. The molecule has 3 heteroatoms. The minimum absolute atomic E-state index is 0.318. The predicted molar refractivity (Wildman–Crippen MR) is 48.4 cm³/mol. The Morgan fingerprint density at radius 1 is 1.38 bits per heavy atom. The molecule has 1 atom stereocenters. The molecule has 13 heavy (non-hydrogen) atoms. The number of aromatic nitrogens is 2. The van der Waals surface area contributed by atoms with Gasteiger partial charge in [0.1, 0.15) is 11.9 Å². The molecule has 1 aliphatic carbocycles. The second kappa shape index (κ2) is 2.58. The zero-order valence-corrected chi connectivity index (χ0v) is 7.61. The third kappa shape index (κ3) is 1.10. The van der Waals surface area contributed by atoms with E-state index in [4.69, 9.17) is 0 Å². The van der Waals surface area contributed by atoms with Crippen molar-refractivity contribution in [2.75, 3.05) is 0 Å². The predicted octanol–water partition coefficient (Wildman–Crippen LogP) is 1.59. The molecular weight excluding hydrogens is 164 g/mol. The van der Waals surface area contributed by atoms with Gasteiger partial charge in [0.15, 0.2) is 0 Å². The quantitative estimate of drug-likeness (QED) is 0.709. The fraction of sp³-hybridized carbons (Fsp3) is 0.700. The van der Waals surface area contributed by atoms with Crippen molar-refractivity contribution in [2.24, 2.45) is 0 Å². The van der Waals surface area contributed by atoms with Gasteiger partial charge < -0.3 is 9.67 Å². The van der Waals surface area contributed by atoms with Gasteiger partial charge in [0.2, 0.25) is 0 Å². The summed E-state index contributed by atoms with van der Waals surface area (Å²) in [6.07, 6.45) is 6.22. The number of hydrogen-bond acceptors (Lipinski definition) is 2. The summed E-state index contributed by atoms with van der Waals surface area (Å²) in [6.45, 7) is 1.05. The molecule has 0 amide bonds. The van der Waals surface area contributed by atoms with E-state index >= 15 is 0 Å². The summed E-state index contributed by atoms with van der Waals surface area (Å²) >= 11 is 0. The Kier molecular flexibility index (Phi) is 1.50. The summed E-state index contributed by atoms with van der Waals surface area (Å²) in [5.74, 6) is 1.64. The lowest BCUT2D eigenvalue weighted by atomic mass is 10.1. The van der Waals surface area contributed by atoms with Crippen molar-refractivity contribution >= 4 is 0 Å². The molecule has 0 spiro atoms. The molecular formula is C10H14N2O. The third-order valence-electron chi connectivity index (χ3n) is 3.07. The number of hydrogen-bond donors (Lipinski definition) is 1. The average molecular weight is 178 g/mol. The van der Waals surface area contributed by atoms with Crippen LogP contribution in [0, 0.1) is 0 Å². The van der Waals surface area contributed by atoms with Crippen LogP contribution in [-0.4, -0.2) is 14.7 Å². The Balaban J connectivity index is 2.04. The maximum atomic E-state index is 9.69. The van der Waals surface area contributed by atoms with E-state index in [2.05, 4.69) is 9.55 Å². The fourth-order valence-corrected chi connectivity index (χ4v) is 2.19. The van der Waals surface area contributed by atoms with Crippen molar-refractivity contribution in [1.29, 1.82) is 0 Å². The zero-order valence-electron chi connectivity index (χ0n) is 7.61. The van der Waals surface area contributed by atoms with Crippen molar-refractivity contribution in [2.45, 2.75) is 44.2 Å². The molecule has 3 nitrogen and oxygen atoms in total. The largest absolute Gasteiger partial charge is 0.385 e. The SMILES string of the molecule is OC1CCCn2c(C3CC3)cnc21. The third-order valence-corrected chi connectivity index (χ3v) is 3.07. The second-order valence-corrected chi connectivity index (χ2v) is 4.13. The second-order valence-electron chi connectivity index (χ2n) is 4.13. The Hall–Kier alpha value is -0.830. The van der Waals surface area contributed by atoms with Gasteiger partial charge in [-0.1, -0.05) is 0 Å². The van der Waals surface area contributed by atoms with E-state index < -0.39 is 0 Å². The number of rotatable bonds is 1. The van der Waals surface area contributed by atoms with Crippen LogP contribution in [0.25, 0.3) is 0 Å². The van der Waals surface area contributed by atoms with Crippen LogP contribution in [0.4, 0.5) is 0 Å². The summed E-state index contributed by atoms with van der Waals surface area (Å²) in [5, 5.41) is 9.69. The van der Waals surface area contributed by atoms with Gasteiger partial charge in [-0.2, -0.15) is 0 Å². The van der Waals surface area contributed by atoms with Crippen LogP contribution in [0.1, 0.15) is 49.2 Å². The van der Waals surface area contributed by atoms with Gasteiger partial charge in [-0.05, 0) is 25.7 Å². The summed E-state index contributed by atoms with van der Waals surface area (Å²) < 4.78 is 2.23. The topological polar surface area (TPSA) is 38.0 Å². The summed E-state index contributed by atoms with van der Waals surface area (Å²) in [5.41, 5.74) is 1.36. The molecule has 1 unspecified atom stereocenters. The normalized spacial score (nSPS) is 27.3. The molecule has 1 aromatic heterocycles. The molecule has 2 heterocycles. The van der Waals surface area contributed by atoms with Crippen molar-refractivity contribution in [1.82, 2.24) is 9.55 Å². The van der Waals surface area contributed by atoms with Gasteiger partial charge in [-0.15, -0.1) is 0 Å². The highest BCUT2D eigenvalue weighted by Crippen LogP contribution is 2.41. The van der Waals surface area contributed by atoms with Crippen LogP contribution in [0.2, 0.25) is 0 Å². The molecule has 0 bridgehead atoms. The first-order valence-corrected chi connectivity index (χ1v) is 5.09. The minimum atomic E-state index is -0.318. The molecule has 1 aliphatic heterocycles. The lowest BCUT2D eigenvalue weighted by Crippen LogP contribution is -2.17. The Bertz CT molecular complexity index is 314. The van der Waals surface area contributed by atoms with Crippen molar-refractivity contribution < 1.29 is 5.11 Å². The summed E-state index contributed by atoms with van der Waals surface area (Å²) in [7, 11) is 0. The molecule has 2 aliphatic rings. The Labute approximate surface area is 77.4 Å². The number of aliphatic hydroxyl groups is 1. The summed E-state index contributed by atoms with van der Waals surface area (Å²) in [4.78, 5) is 4.31. The minimum Gasteiger partial charge on any atom is -0.385 e. The number of nitrogens with zero attached hydrogens (tertiary/aromatic N) is 2. The van der Waals surface area contributed by atoms with E-state index in [-0.39, 0.29) is 6.10 Å². The Morgan fingerprint density at radius 3 is 3.00 bits per heavy atom. The standard InChI is InChI=1S/C10H14N2O/c13-9-2-1-5-12-8(7-3-4-7)6-11-10(9)12/h6-7,9,13H,1-5H2. The summed E-state index contributed by atoms with van der Waals surface area (Å²) in [6, 6.07) is 0. The van der Waals surface area contributed by atoms with Gasteiger partial charge in [0, 0.05) is 24.4 Å². The van der Waals surface area contributed by atoms with Gasteiger partial charge >= 0.3 is 0 Å². The Morgan fingerprint density at radius 2 is 2.23 bits per heavy atom. The molecule has 0 radical (unpaired) electrons. The van der Waals surface area contributed by atoms with E-state index in [0.29, 0.717) is 0 Å². The molecule has 0 saturated heterocycles. The van der Waals surface area contributed by atoms with Crippen molar-refractivity contribution in [3.05, 3.63) is 17.7 Å². The van der Waals surface area contributed by atoms with E-state index in [0.717, 1.165) is 31.1 Å². The first-order valence-electron chi connectivity index (χ1n) is 5.09. The van der Waals surface area contributed by atoms with Crippen LogP contribution in [0.5, 0.6) is 0 Å². The lowest BCUT2D eigenvalue weighted by molar-refractivity contribution is 0.133. The first kappa shape index (κ1) is 7.56. The number of aliphatic hydroxyl groups excluding tert-OH is 1. The molecule has 1 saturated carbocycles.